The van der Waals surface area contributed by atoms with Crippen molar-refractivity contribution < 1.29 is 4.39 Å². The normalized spacial score (nSPS) is 12.9. The molecule has 1 aromatic rings. The van der Waals surface area contributed by atoms with E-state index in [0.717, 1.165) is 22.6 Å². The van der Waals surface area contributed by atoms with E-state index >= 15 is 0 Å². The number of halogens is 3. The van der Waals surface area contributed by atoms with Gasteiger partial charge in [-0.3, -0.25) is 0 Å². The van der Waals surface area contributed by atoms with E-state index in [9.17, 15) is 4.39 Å². The highest BCUT2D eigenvalue weighted by Gasteiger charge is 2.08. The van der Waals surface area contributed by atoms with E-state index in [1.54, 1.807) is 0 Å². The first-order chi connectivity index (χ1) is 6.67. The van der Waals surface area contributed by atoms with Gasteiger partial charge in [-0.2, -0.15) is 0 Å². The molecule has 1 aromatic carbocycles. The Morgan fingerprint density at radius 2 is 2.14 bits per heavy atom. The minimum atomic E-state index is -0.187. The molecular formula is C11H13Br2F. The lowest BCUT2D eigenvalue weighted by molar-refractivity contribution is 0.570. The second-order valence-corrected chi connectivity index (χ2v) is 4.87. The van der Waals surface area contributed by atoms with Gasteiger partial charge in [0.25, 0.3) is 0 Å². The molecule has 0 amide bonds. The standard InChI is InChI=1S/C11H13Br2F/c1-2-8(7-12)5-9-3-4-10(14)6-11(9)13/h3-4,6,8H,2,5,7H2,1H3. The van der Waals surface area contributed by atoms with E-state index in [-0.39, 0.29) is 5.82 Å². The van der Waals surface area contributed by atoms with Gasteiger partial charge in [-0.05, 0) is 30.0 Å². The summed E-state index contributed by atoms with van der Waals surface area (Å²) in [5, 5.41) is 0.993. The fourth-order valence-electron chi connectivity index (χ4n) is 1.31. The molecule has 0 saturated heterocycles. The summed E-state index contributed by atoms with van der Waals surface area (Å²) in [5.74, 6) is 0.435. The summed E-state index contributed by atoms with van der Waals surface area (Å²) in [4.78, 5) is 0. The van der Waals surface area contributed by atoms with Crippen LogP contribution < -0.4 is 0 Å². The van der Waals surface area contributed by atoms with E-state index < -0.39 is 0 Å². The van der Waals surface area contributed by atoms with E-state index in [1.165, 1.54) is 17.7 Å². The van der Waals surface area contributed by atoms with Gasteiger partial charge < -0.3 is 0 Å². The van der Waals surface area contributed by atoms with Crippen LogP contribution in [-0.4, -0.2) is 5.33 Å². The third kappa shape index (κ3) is 3.35. The van der Waals surface area contributed by atoms with Gasteiger partial charge in [0, 0.05) is 9.80 Å². The van der Waals surface area contributed by atoms with Gasteiger partial charge in [-0.1, -0.05) is 51.3 Å². The van der Waals surface area contributed by atoms with Crippen molar-refractivity contribution in [3.8, 4) is 0 Å². The molecule has 3 heteroatoms. The van der Waals surface area contributed by atoms with Crippen molar-refractivity contribution in [1.29, 1.82) is 0 Å². The quantitative estimate of drug-likeness (QED) is 0.713. The summed E-state index contributed by atoms with van der Waals surface area (Å²) in [6.45, 7) is 2.17. The van der Waals surface area contributed by atoms with Crippen molar-refractivity contribution in [3.05, 3.63) is 34.1 Å². The molecule has 1 rings (SSSR count). The lowest BCUT2D eigenvalue weighted by Gasteiger charge is -2.12. The van der Waals surface area contributed by atoms with Gasteiger partial charge in [0.05, 0.1) is 0 Å². The Hall–Kier alpha value is 0.110. The largest absolute Gasteiger partial charge is 0.207 e. The van der Waals surface area contributed by atoms with E-state index in [0.29, 0.717) is 5.92 Å². The molecule has 0 spiro atoms. The number of rotatable bonds is 4. The zero-order valence-corrected chi connectivity index (χ0v) is 11.2. The monoisotopic (exact) mass is 322 g/mol. The summed E-state index contributed by atoms with van der Waals surface area (Å²) in [7, 11) is 0. The molecular weight excluding hydrogens is 311 g/mol. The van der Waals surface area contributed by atoms with Gasteiger partial charge in [0.15, 0.2) is 0 Å². The molecule has 1 unspecified atom stereocenters. The maximum absolute atomic E-state index is 12.8. The van der Waals surface area contributed by atoms with Crippen molar-refractivity contribution in [3.63, 3.8) is 0 Å². The molecule has 0 bridgehead atoms. The lowest BCUT2D eigenvalue weighted by Crippen LogP contribution is -2.05. The maximum atomic E-state index is 12.8. The van der Waals surface area contributed by atoms with Crippen LogP contribution in [-0.2, 0) is 6.42 Å². The van der Waals surface area contributed by atoms with Crippen molar-refractivity contribution in [2.75, 3.05) is 5.33 Å². The average Bonchev–Trinajstić information content (AvgIpc) is 2.17. The fourth-order valence-corrected chi connectivity index (χ4v) is 2.51. The van der Waals surface area contributed by atoms with Crippen LogP contribution in [0.4, 0.5) is 4.39 Å². The van der Waals surface area contributed by atoms with Crippen LogP contribution >= 0.6 is 31.9 Å². The Bertz CT molecular complexity index is 295. The van der Waals surface area contributed by atoms with Crippen molar-refractivity contribution in [1.82, 2.24) is 0 Å². The zero-order chi connectivity index (χ0) is 10.6. The Morgan fingerprint density at radius 3 is 2.64 bits per heavy atom. The minimum Gasteiger partial charge on any atom is -0.207 e. The van der Waals surface area contributed by atoms with Gasteiger partial charge >= 0.3 is 0 Å². The van der Waals surface area contributed by atoms with Crippen molar-refractivity contribution in [2.24, 2.45) is 5.92 Å². The Balaban J connectivity index is 2.76. The van der Waals surface area contributed by atoms with Crippen LogP contribution in [0.3, 0.4) is 0 Å². The Labute approximate surface area is 101 Å². The number of alkyl halides is 1. The first-order valence-corrected chi connectivity index (χ1v) is 6.58. The van der Waals surface area contributed by atoms with E-state index in [4.69, 9.17) is 0 Å². The highest BCUT2D eigenvalue weighted by molar-refractivity contribution is 9.10. The van der Waals surface area contributed by atoms with Crippen LogP contribution in [0.2, 0.25) is 0 Å². The first-order valence-electron chi connectivity index (χ1n) is 4.67. The molecule has 0 aliphatic rings. The molecule has 0 fully saturated rings. The highest BCUT2D eigenvalue weighted by Crippen LogP contribution is 2.23. The molecule has 0 N–H and O–H groups in total. The second-order valence-electron chi connectivity index (χ2n) is 3.37. The summed E-state index contributed by atoms with van der Waals surface area (Å²) >= 11 is 6.86. The molecule has 0 radical (unpaired) electrons. The minimum absolute atomic E-state index is 0.187. The van der Waals surface area contributed by atoms with Gasteiger partial charge in [0.1, 0.15) is 5.82 Å². The maximum Gasteiger partial charge on any atom is 0.124 e. The second kappa shape index (κ2) is 5.86. The first kappa shape index (κ1) is 12.2. The van der Waals surface area contributed by atoms with Crippen LogP contribution in [0.15, 0.2) is 22.7 Å². The fraction of sp³-hybridized carbons (Fsp3) is 0.455. The molecule has 0 aromatic heterocycles. The van der Waals surface area contributed by atoms with Crippen molar-refractivity contribution in [2.45, 2.75) is 19.8 Å². The molecule has 1 atom stereocenters. The molecule has 14 heavy (non-hydrogen) atoms. The predicted molar refractivity (Wildman–Crippen MR) is 65.4 cm³/mol. The summed E-state index contributed by atoms with van der Waals surface area (Å²) < 4.78 is 13.7. The SMILES string of the molecule is CCC(CBr)Cc1ccc(F)cc1Br. The third-order valence-electron chi connectivity index (χ3n) is 2.32. The number of hydrogen-bond acceptors (Lipinski definition) is 0. The average molecular weight is 324 g/mol. The van der Waals surface area contributed by atoms with Crippen LogP contribution in [0.5, 0.6) is 0 Å². The molecule has 0 saturated carbocycles. The lowest BCUT2D eigenvalue weighted by atomic mass is 9.99. The highest BCUT2D eigenvalue weighted by atomic mass is 79.9. The summed E-state index contributed by atoms with van der Waals surface area (Å²) in [5.41, 5.74) is 1.18. The third-order valence-corrected chi connectivity index (χ3v) is 3.97. The van der Waals surface area contributed by atoms with Crippen LogP contribution in [0.25, 0.3) is 0 Å². The van der Waals surface area contributed by atoms with Gasteiger partial charge in [0.2, 0.25) is 0 Å². The summed E-state index contributed by atoms with van der Waals surface area (Å²) in [6.07, 6.45) is 2.12. The van der Waals surface area contributed by atoms with E-state index in [2.05, 4.69) is 38.8 Å². The zero-order valence-electron chi connectivity index (χ0n) is 8.06. The van der Waals surface area contributed by atoms with Gasteiger partial charge in [-0.25, -0.2) is 4.39 Å². The molecule has 0 heterocycles. The van der Waals surface area contributed by atoms with Crippen LogP contribution in [0, 0.1) is 11.7 Å². The Morgan fingerprint density at radius 1 is 1.43 bits per heavy atom. The van der Waals surface area contributed by atoms with Crippen molar-refractivity contribution >= 4 is 31.9 Å². The molecule has 78 valence electrons. The topological polar surface area (TPSA) is 0 Å². The van der Waals surface area contributed by atoms with Crippen LogP contribution in [0.1, 0.15) is 18.9 Å². The summed E-state index contributed by atoms with van der Waals surface area (Å²) in [6, 6.07) is 4.89. The van der Waals surface area contributed by atoms with Gasteiger partial charge in [-0.15, -0.1) is 0 Å². The van der Waals surface area contributed by atoms with E-state index in [1.807, 2.05) is 6.07 Å². The number of benzene rings is 1. The molecule has 0 aliphatic carbocycles. The molecule has 0 nitrogen and oxygen atoms in total. The number of hydrogen-bond donors (Lipinski definition) is 0. The smallest absolute Gasteiger partial charge is 0.124 e. The Kier molecular flexibility index (Phi) is 5.10. The predicted octanol–water partition coefficient (Wildman–Crippen LogP) is 4.55. The molecule has 0 aliphatic heterocycles.